The van der Waals surface area contributed by atoms with Crippen LogP contribution >= 0.6 is 0 Å². The van der Waals surface area contributed by atoms with Gasteiger partial charge in [-0.1, -0.05) is 24.3 Å². The Morgan fingerprint density at radius 3 is 2.52 bits per heavy atom. The molecule has 0 spiro atoms. The molecule has 0 unspecified atom stereocenters. The van der Waals surface area contributed by atoms with Gasteiger partial charge in [0.05, 0.1) is 10.5 Å². The molecule has 7 heteroatoms. The lowest BCUT2D eigenvalue weighted by atomic mass is 10.1. The van der Waals surface area contributed by atoms with Crippen LogP contribution in [0.4, 0.5) is 10.5 Å². The number of urea groups is 1. The predicted octanol–water partition coefficient (Wildman–Crippen LogP) is 1.91. The van der Waals surface area contributed by atoms with E-state index < -0.39 is 0 Å². The minimum absolute atomic E-state index is 0.0418. The van der Waals surface area contributed by atoms with Gasteiger partial charge in [-0.15, -0.1) is 0 Å². The second-order valence-corrected chi connectivity index (χ2v) is 5.68. The Balaban J connectivity index is 1.86. The van der Waals surface area contributed by atoms with E-state index >= 15 is 0 Å². The van der Waals surface area contributed by atoms with Gasteiger partial charge >= 0.3 is 6.03 Å². The minimum atomic E-state index is -0.370. The summed E-state index contributed by atoms with van der Waals surface area (Å²) in [5, 5.41) is 11.0. The molecule has 1 fully saturated rings. The first kappa shape index (κ1) is 17.0. The van der Waals surface area contributed by atoms with Gasteiger partial charge in [0.15, 0.2) is 0 Å². The van der Waals surface area contributed by atoms with E-state index in [4.69, 9.17) is 0 Å². The monoisotopic (exact) mass is 318 g/mol. The number of carbonyl (C=O) groups is 1. The minimum Gasteiger partial charge on any atom is -0.331 e. The summed E-state index contributed by atoms with van der Waals surface area (Å²) in [6, 6.07) is 6.74. The molecular formula is C16H22N4O3. The maximum absolute atomic E-state index is 11.9. The van der Waals surface area contributed by atoms with Crippen molar-refractivity contribution >= 4 is 17.8 Å². The van der Waals surface area contributed by atoms with Crippen molar-refractivity contribution in [2.24, 2.45) is 0 Å². The zero-order valence-electron chi connectivity index (χ0n) is 13.5. The van der Waals surface area contributed by atoms with Gasteiger partial charge in [-0.05, 0) is 6.07 Å². The van der Waals surface area contributed by atoms with Crippen LogP contribution in [0.1, 0.15) is 5.56 Å². The van der Waals surface area contributed by atoms with Gasteiger partial charge in [-0.2, -0.15) is 0 Å². The van der Waals surface area contributed by atoms with Crippen LogP contribution in [0, 0.1) is 10.1 Å². The maximum atomic E-state index is 11.9. The van der Waals surface area contributed by atoms with Crippen LogP contribution in [0.5, 0.6) is 0 Å². The first-order chi connectivity index (χ1) is 11.0. The molecule has 0 aliphatic carbocycles. The van der Waals surface area contributed by atoms with Crippen LogP contribution in [0.15, 0.2) is 30.3 Å². The van der Waals surface area contributed by atoms with Gasteiger partial charge in [0, 0.05) is 52.9 Å². The van der Waals surface area contributed by atoms with Gasteiger partial charge in [0.2, 0.25) is 0 Å². The average molecular weight is 318 g/mol. The zero-order chi connectivity index (χ0) is 16.8. The molecule has 0 N–H and O–H groups in total. The topological polar surface area (TPSA) is 69.9 Å². The fourth-order valence-electron chi connectivity index (χ4n) is 2.53. The molecule has 0 saturated carbocycles. The van der Waals surface area contributed by atoms with Crippen molar-refractivity contribution in [2.75, 3.05) is 46.8 Å². The van der Waals surface area contributed by atoms with Crippen LogP contribution in [-0.2, 0) is 0 Å². The third-order valence-corrected chi connectivity index (χ3v) is 3.82. The third-order valence-electron chi connectivity index (χ3n) is 3.82. The fraction of sp³-hybridized carbons (Fsp3) is 0.438. The van der Waals surface area contributed by atoms with Crippen LogP contribution < -0.4 is 0 Å². The van der Waals surface area contributed by atoms with Crippen molar-refractivity contribution in [3.8, 4) is 0 Å². The molecule has 1 aromatic rings. The largest absolute Gasteiger partial charge is 0.331 e. The number of rotatable bonds is 4. The molecule has 1 aromatic carbocycles. The fourth-order valence-corrected chi connectivity index (χ4v) is 2.53. The summed E-state index contributed by atoms with van der Waals surface area (Å²) in [5.74, 6) is 0. The Morgan fingerprint density at radius 1 is 1.26 bits per heavy atom. The van der Waals surface area contributed by atoms with E-state index in [1.54, 1.807) is 43.3 Å². The van der Waals surface area contributed by atoms with Crippen LogP contribution in [-0.4, -0.2) is 72.5 Å². The van der Waals surface area contributed by atoms with Crippen molar-refractivity contribution in [2.45, 2.75) is 0 Å². The highest BCUT2D eigenvalue weighted by Gasteiger charge is 2.21. The van der Waals surface area contributed by atoms with Crippen molar-refractivity contribution in [1.29, 1.82) is 0 Å². The molecule has 0 radical (unpaired) electrons. The van der Waals surface area contributed by atoms with Gasteiger partial charge in [-0.3, -0.25) is 15.0 Å². The van der Waals surface area contributed by atoms with Crippen molar-refractivity contribution in [1.82, 2.24) is 14.7 Å². The molecule has 124 valence electrons. The number of benzene rings is 1. The van der Waals surface area contributed by atoms with E-state index in [1.807, 2.05) is 11.0 Å². The highest BCUT2D eigenvalue weighted by molar-refractivity contribution is 5.73. The smallest absolute Gasteiger partial charge is 0.319 e. The number of nitro benzene ring substituents is 1. The molecular weight excluding hydrogens is 296 g/mol. The number of hydrogen-bond donors (Lipinski definition) is 0. The second kappa shape index (κ2) is 7.73. The number of nitro groups is 1. The molecule has 2 rings (SSSR count). The van der Waals surface area contributed by atoms with E-state index in [-0.39, 0.29) is 16.6 Å². The van der Waals surface area contributed by atoms with Crippen molar-refractivity contribution < 1.29 is 9.72 Å². The lowest BCUT2D eigenvalue weighted by molar-refractivity contribution is -0.385. The normalized spacial score (nSPS) is 15.8. The number of nitrogens with zero attached hydrogens (tertiary/aromatic N) is 4. The lowest BCUT2D eigenvalue weighted by Gasteiger charge is -2.35. The molecule has 23 heavy (non-hydrogen) atoms. The molecule has 1 heterocycles. The van der Waals surface area contributed by atoms with Crippen LogP contribution in [0.3, 0.4) is 0 Å². The van der Waals surface area contributed by atoms with Gasteiger partial charge < -0.3 is 9.80 Å². The summed E-state index contributed by atoms with van der Waals surface area (Å²) in [6.45, 7) is 3.74. The Labute approximate surface area is 135 Å². The maximum Gasteiger partial charge on any atom is 0.319 e. The molecule has 1 saturated heterocycles. The second-order valence-electron chi connectivity index (χ2n) is 5.68. The average Bonchev–Trinajstić information content (AvgIpc) is 2.55. The number of carbonyl (C=O) groups excluding carboxylic acids is 1. The highest BCUT2D eigenvalue weighted by atomic mass is 16.6. The van der Waals surface area contributed by atoms with Gasteiger partial charge in [0.1, 0.15) is 0 Å². The van der Waals surface area contributed by atoms with E-state index in [9.17, 15) is 14.9 Å². The molecule has 7 nitrogen and oxygen atoms in total. The van der Waals surface area contributed by atoms with Crippen molar-refractivity contribution in [3.05, 3.63) is 46.0 Å². The molecule has 0 atom stereocenters. The van der Waals surface area contributed by atoms with E-state index in [2.05, 4.69) is 4.90 Å². The van der Waals surface area contributed by atoms with E-state index in [0.717, 1.165) is 19.6 Å². The van der Waals surface area contributed by atoms with Gasteiger partial charge in [-0.25, -0.2) is 4.79 Å². The molecule has 2 amide bonds. The molecule has 0 bridgehead atoms. The van der Waals surface area contributed by atoms with E-state index in [0.29, 0.717) is 18.7 Å². The highest BCUT2D eigenvalue weighted by Crippen LogP contribution is 2.19. The standard InChI is InChI=1S/C16H22N4O3/c1-17(2)16(21)19-12-10-18(11-13-19)9-5-7-14-6-3-4-8-15(14)20(22)23/h3-8H,9-13H2,1-2H3. The summed E-state index contributed by atoms with van der Waals surface area (Å²) in [6.07, 6.45) is 3.72. The SMILES string of the molecule is CN(C)C(=O)N1CCN(CC=Cc2ccccc2[N+](=O)[O-])CC1. The number of amides is 2. The summed E-state index contributed by atoms with van der Waals surface area (Å²) >= 11 is 0. The number of hydrogen-bond acceptors (Lipinski definition) is 4. The molecule has 1 aliphatic rings. The van der Waals surface area contributed by atoms with E-state index in [1.165, 1.54) is 6.07 Å². The first-order valence-electron chi connectivity index (χ1n) is 7.57. The molecule has 1 aliphatic heterocycles. The Bertz CT molecular complexity index is 593. The summed E-state index contributed by atoms with van der Waals surface area (Å²) in [7, 11) is 3.51. The summed E-state index contributed by atoms with van der Waals surface area (Å²) in [4.78, 5) is 28.1. The Hall–Kier alpha value is -2.41. The Morgan fingerprint density at radius 2 is 1.91 bits per heavy atom. The number of para-hydroxylation sites is 1. The van der Waals surface area contributed by atoms with Gasteiger partial charge in [0.25, 0.3) is 5.69 Å². The lowest BCUT2D eigenvalue weighted by Crippen LogP contribution is -2.51. The number of piperazine rings is 1. The quantitative estimate of drug-likeness (QED) is 0.628. The van der Waals surface area contributed by atoms with Crippen LogP contribution in [0.2, 0.25) is 0 Å². The third kappa shape index (κ3) is 4.53. The first-order valence-corrected chi connectivity index (χ1v) is 7.57. The summed E-state index contributed by atoms with van der Waals surface area (Å²) < 4.78 is 0. The Kier molecular flexibility index (Phi) is 5.70. The zero-order valence-corrected chi connectivity index (χ0v) is 13.5. The summed E-state index contributed by atoms with van der Waals surface area (Å²) in [5.41, 5.74) is 0.726. The van der Waals surface area contributed by atoms with Crippen LogP contribution in [0.25, 0.3) is 6.08 Å². The molecule has 0 aromatic heterocycles. The van der Waals surface area contributed by atoms with Crippen molar-refractivity contribution in [3.63, 3.8) is 0 Å². The predicted molar refractivity (Wildman–Crippen MR) is 89.2 cm³/mol.